The minimum Gasteiger partial charge on any atom is -0.497 e. The molecular formula is C24H21N5O2S. The first-order chi connectivity index (χ1) is 15.7. The van der Waals surface area contributed by atoms with Crippen LogP contribution >= 0.6 is 11.8 Å². The topological polar surface area (TPSA) is 81.1 Å². The molecule has 32 heavy (non-hydrogen) atoms. The van der Waals surface area contributed by atoms with Gasteiger partial charge < -0.3 is 15.5 Å². The highest BCUT2D eigenvalue weighted by molar-refractivity contribution is 8.00. The molecule has 0 unspecified atom stereocenters. The number of aromatic nitrogens is 3. The summed E-state index contributed by atoms with van der Waals surface area (Å²) in [5, 5.41) is 11.9. The van der Waals surface area contributed by atoms with E-state index in [1.807, 2.05) is 89.6 Å². The number of rotatable bonds is 5. The third-order valence-corrected chi connectivity index (χ3v) is 6.46. The number of anilines is 1. The minimum atomic E-state index is -0.445. The second kappa shape index (κ2) is 8.76. The molecule has 8 heteroatoms. The van der Waals surface area contributed by atoms with Crippen molar-refractivity contribution in [2.45, 2.75) is 16.4 Å². The van der Waals surface area contributed by atoms with E-state index in [0.717, 1.165) is 16.9 Å². The highest BCUT2D eigenvalue weighted by atomic mass is 32.2. The summed E-state index contributed by atoms with van der Waals surface area (Å²) in [6.07, 6.45) is 0. The van der Waals surface area contributed by atoms with Crippen LogP contribution in [-0.2, 0) is 4.79 Å². The van der Waals surface area contributed by atoms with Crippen LogP contribution in [-0.4, -0.2) is 33.1 Å². The Bertz CT molecular complexity index is 1210. The van der Waals surface area contributed by atoms with E-state index in [1.165, 1.54) is 11.8 Å². The Kier molecular flexibility index (Phi) is 5.51. The Morgan fingerprint density at radius 3 is 2.34 bits per heavy atom. The lowest BCUT2D eigenvalue weighted by Gasteiger charge is -2.33. The van der Waals surface area contributed by atoms with Crippen LogP contribution in [0.2, 0.25) is 0 Å². The molecule has 0 saturated carbocycles. The number of hydrogen-bond acceptors (Lipinski definition) is 6. The van der Waals surface area contributed by atoms with Gasteiger partial charge in [0.15, 0.2) is 5.82 Å². The zero-order valence-corrected chi connectivity index (χ0v) is 18.1. The van der Waals surface area contributed by atoms with Crippen LogP contribution in [0, 0.1) is 0 Å². The van der Waals surface area contributed by atoms with E-state index in [9.17, 15) is 4.79 Å². The fourth-order valence-electron chi connectivity index (χ4n) is 3.63. The molecule has 0 aliphatic carbocycles. The molecule has 0 radical (unpaired) electrons. The maximum atomic E-state index is 13.3. The van der Waals surface area contributed by atoms with Crippen LogP contribution < -0.4 is 15.5 Å². The predicted molar refractivity (Wildman–Crippen MR) is 125 cm³/mol. The molecule has 1 aliphatic rings. The van der Waals surface area contributed by atoms with Gasteiger partial charge in [0.1, 0.15) is 11.0 Å². The minimum absolute atomic E-state index is 0.114. The van der Waals surface area contributed by atoms with E-state index in [1.54, 1.807) is 7.11 Å². The average Bonchev–Trinajstić information content (AvgIpc) is 3.28. The maximum Gasteiger partial charge on any atom is 0.240 e. The van der Waals surface area contributed by atoms with E-state index < -0.39 is 5.25 Å². The van der Waals surface area contributed by atoms with Crippen molar-refractivity contribution in [3.8, 4) is 17.1 Å². The smallest absolute Gasteiger partial charge is 0.240 e. The third kappa shape index (κ3) is 3.92. The van der Waals surface area contributed by atoms with Crippen molar-refractivity contribution in [1.82, 2.24) is 14.9 Å². The normalized spacial score (nSPS) is 17.2. The van der Waals surface area contributed by atoms with Crippen molar-refractivity contribution in [2.24, 2.45) is 0 Å². The van der Waals surface area contributed by atoms with Gasteiger partial charge in [-0.15, -0.1) is 10.2 Å². The van der Waals surface area contributed by atoms with Gasteiger partial charge in [-0.05, 0) is 29.8 Å². The van der Waals surface area contributed by atoms with Gasteiger partial charge in [0.05, 0.1) is 13.2 Å². The summed E-state index contributed by atoms with van der Waals surface area (Å²) in [7, 11) is 1.61. The number of hydrogen-bond donors (Lipinski definition) is 2. The Balaban J connectivity index is 1.47. The molecule has 0 saturated heterocycles. The van der Waals surface area contributed by atoms with E-state index in [4.69, 9.17) is 4.74 Å². The van der Waals surface area contributed by atoms with E-state index in [2.05, 4.69) is 20.9 Å². The second-order valence-electron chi connectivity index (χ2n) is 7.28. The van der Waals surface area contributed by atoms with Crippen molar-refractivity contribution in [2.75, 3.05) is 17.9 Å². The average molecular weight is 444 g/mol. The van der Waals surface area contributed by atoms with E-state index >= 15 is 0 Å². The molecule has 1 aliphatic heterocycles. The zero-order valence-electron chi connectivity index (χ0n) is 17.3. The molecule has 1 amide bonds. The van der Waals surface area contributed by atoms with Crippen molar-refractivity contribution in [3.05, 3.63) is 90.5 Å². The van der Waals surface area contributed by atoms with Crippen LogP contribution in [0.15, 0.2) is 90.1 Å². The number of ether oxygens (including phenoxy) is 1. The predicted octanol–water partition coefficient (Wildman–Crippen LogP) is 4.35. The molecule has 0 fully saturated rings. The van der Waals surface area contributed by atoms with Crippen LogP contribution in [0.3, 0.4) is 0 Å². The molecule has 7 nitrogen and oxygen atoms in total. The summed E-state index contributed by atoms with van der Waals surface area (Å²) < 4.78 is 7.07. The van der Waals surface area contributed by atoms with E-state index in [0.29, 0.717) is 16.7 Å². The first kappa shape index (κ1) is 20.1. The Morgan fingerprint density at radius 2 is 1.66 bits per heavy atom. The van der Waals surface area contributed by atoms with Gasteiger partial charge >= 0.3 is 0 Å². The number of methoxy groups -OCH3 is 1. The number of carbonyl (C=O) groups excluding carboxylic acids is 1. The summed E-state index contributed by atoms with van der Waals surface area (Å²) in [6.45, 7) is 0. The molecule has 0 spiro atoms. The Labute approximate surface area is 189 Å². The third-order valence-electron chi connectivity index (χ3n) is 5.24. The van der Waals surface area contributed by atoms with Gasteiger partial charge in [0, 0.05) is 11.3 Å². The van der Waals surface area contributed by atoms with E-state index in [-0.39, 0.29) is 11.9 Å². The molecular weight excluding hydrogens is 422 g/mol. The number of nitrogens with zero attached hydrogens (tertiary/aromatic N) is 3. The molecule has 5 rings (SSSR count). The fourth-order valence-corrected chi connectivity index (χ4v) is 4.71. The number of benzene rings is 3. The van der Waals surface area contributed by atoms with Gasteiger partial charge in [0.2, 0.25) is 11.1 Å². The van der Waals surface area contributed by atoms with Gasteiger partial charge in [-0.1, -0.05) is 72.4 Å². The first-order valence-corrected chi connectivity index (χ1v) is 11.0. The van der Waals surface area contributed by atoms with Crippen LogP contribution in [0.4, 0.5) is 5.69 Å². The van der Waals surface area contributed by atoms with Crippen LogP contribution in [0.25, 0.3) is 11.4 Å². The number of thioether (sulfide) groups is 1. The number of fused-ring (bicyclic) bond motifs is 1. The quantitative estimate of drug-likeness (QED) is 0.477. The summed E-state index contributed by atoms with van der Waals surface area (Å²) >= 11 is 1.40. The lowest BCUT2D eigenvalue weighted by atomic mass is 10.0. The van der Waals surface area contributed by atoms with Gasteiger partial charge in [-0.25, -0.2) is 4.68 Å². The monoisotopic (exact) mass is 443 g/mol. The Hall–Kier alpha value is -3.78. The highest BCUT2D eigenvalue weighted by Gasteiger charge is 2.38. The SMILES string of the molecule is COc1ccc(NC(=O)[C@@H]2Sc3nnc(-c4ccccc4)n3N[C@H]2c2ccccc2)cc1. The molecule has 2 heterocycles. The van der Waals surface area contributed by atoms with Crippen molar-refractivity contribution >= 4 is 23.4 Å². The van der Waals surface area contributed by atoms with Gasteiger partial charge in [-0.2, -0.15) is 0 Å². The summed E-state index contributed by atoms with van der Waals surface area (Å²) in [5.74, 6) is 1.33. The highest BCUT2D eigenvalue weighted by Crippen LogP contribution is 2.39. The van der Waals surface area contributed by atoms with Crippen molar-refractivity contribution in [3.63, 3.8) is 0 Å². The second-order valence-corrected chi connectivity index (χ2v) is 8.39. The summed E-state index contributed by atoms with van der Waals surface area (Å²) in [4.78, 5) is 13.3. The summed E-state index contributed by atoms with van der Waals surface area (Å²) in [5.41, 5.74) is 6.15. The molecule has 0 bridgehead atoms. The molecule has 2 N–H and O–H groups in total. The molecule has 3 aromatic carbocycles. The standard InChI is InChI=1S/C24H21N5O2S/c1-31-19-14-12-18(13-15-19)25-23(30)21-20(16-8-4-2-5-9-16)28-29-22(26-27-24(29)32-21)17-10-6-3-7-11-17/h2-15,20-21,28H,1H3,(H,25,30)/t20-,21+/m0/s1. The number of carbonyl (C=O) groups is 1. The van der Waals surface area contributed by atoms with Crippen molar-refractivity contribution < 1.29 is 9.53 Å². The van der Waals surface area contributed by atoms with Crippen molar-refractivity contribution in [1.29, 1.82) is 0 Å². The number of amides is 1. The molecule has 4 aromatic rings. The molecule has 2 atom stereocenters. The lowest BCUT2D eigenvalue weighted by Crippen LogP contribution is -2.41. The maximum absolute atomic E-state index is 13.3. The molecule has 160 valence electrons. The Morgan fingerprint density at radius 1 is 0.969 bits per heavy atom. The van der Waals surface area contributed by atoms with Crippen LogP contribution in [0.1, 0.15) is 11.6 Å². The summed E-state index contributed by atoms with van der Waals surface area (Å²) in [6, 6.07) is 26.8. The first-order valence-electron chi connectivity index (χ1n) is 10.2. The van der Waals surface area contributed by atoms with Gasteiger partial charge in [-0.3, -0.25) is 4.79 Å². The number of nitrogens with one attached hydrogen (secondary N) is 2. The largest absolute Gasteiger partial charge is 0.497 e. The van der Waals surface area contributed by atoms with Crippen LogP contribution in [0.5, 0.6) is 5.75 Å². The molecule has 1 aromatic heterocycles. The fraction of sp³-hybridized carbons (Fsp3) is 0.125. The lowest BCUT2D eigenvalue weighted by molar-refractivity contribution is -0.116. The zero-order chi connectivity index (χ0) is 21.9. The van der Waals surface area contributed by atoms with Gasteiger partial charge in [0.25, 0.3) is 0 Å².